The zero-order valence-electron chi connectivity index (χ0n) is 27.2. The summed E-state index contributed by atoms with van der Waals surface area (Å²) in [6, 6.07) is 7.15. The van der Waals surface area contributed by atoms with E-state index in [4.69, 9.17) is 0 Å². The van der Waals surface area contributed by atoms with Crippen molar-refractivity contribution in [3.05, 3.63) is 70.3 Å². The van der Waals surface area contributed by atoms with Gasteiger partial charge < -0.3 is 20.6 Å². The van der Waals surface area contributed by atoms with Crippen LogP contribution in [0.2, 0.25) is 0 Å². The highest BCUT2D eigenvalue weighted by Gasteiger charge is 2.25. The molecule has 2 atom stereocenters. The van der Waals surface area contributed by atoms with E-state index < -0.39 is 29.7 Å². The van der Waals surface area contributed by atoms with E-state index in [2.05, 4.69) is 10.6 Å². The number of hydrogen-bond donors (Lipinski definition) is 3. The van der Waals surface area contributed by atoms with Crippen molar-refractivity contribution in [1.82, 2.24) is 15.5 Å². The number of carbonyl (C=O) groups excluding carboxylic acids is 3. The SMILES string of the molecule is CCCN(CCC)C(=O)c1cc(C)cc(C(=O)N[C@@H](Cc2cc(F)cc(F)c2)[C@H](O)CCNC(=O)CCCC2CCCCC2)c1. The number of aryl methyl sites for hydroxylation is 1. The van der Waals surface area contributed by atoms with Crippen LogP contribution >= 0.6 is 0 Å². The van der Waals surface area contributed by atoms with E-state index in [1.54, 1.807) is 30.0 Å². The molecule has 0 bridgehead atoms. The molecule has 0 aliphatic heterocycles. The minimum absolute atomic E-state index is 0.0324. The van der Waals surface area contributed by atoms with Gasteiger partial charge in [-0.1, -0.05) is 46.0 Å². The molecule has 0 radical (unpaired) electrons. The first-order chi connectivity index (χ1) is 21.6. The van der Waals surface area contributed by atoms with Crippen molar-refractivity contribution in [1.29, 1.82) is 0 Å². The zero-order chi connectivity index (χ0) is 32.8. The van der Waals surface area contributed by atoms with E-state index in [-0.39, 0.29) is 42.3 Å². The van der Waals surface area contributed by atoms with Gasteiger partial charge in [-0.2, -0.15) is 0 Å². The second-order valence-electron chi connectivity index (χ2n) is 12.5. The van der Waals surface area contributed by atoms with Crippen LogP contribution in [0.25, 0.3) is 0 Å². The zero-order valence-corrected chi connectivity index (χ0v) is 27.2. The third-order valence-corrected chi connectivity index (χ3v) is 8.52. The number of carbonyl (C=O) groups is 3. The van der Waals surface area contributed by atoms with Crippen molar-refractivity contribution in [2.24, 2.45) is 5.92 Å². The lowest BCUT2D eigenvalue weighted by Crippen LogP contribution is -2.46. The van der Waals surface area contributed by atoms with Crippen LogP contribution in [-0.2, 0) is 11.2 Å². The maximum atomic E-state index is 14.0. The largest absolute Gasteiger partial charge is 0.391 e. The molecule has 9 heteroatoms. The fourth-order valence-electron chi connectivity index (χ4n) is 6.27. The molecule has 1 aliphatic carbocycles. The summed E-state index contributed by atoms with van der Waals surface area (Å²) in [5.74, 6) is -1.55. The molecule has 3 rings (SSSR count). The van der Waals surface area contributed by atoms with Gasteiger partial charge in [-0.25, -0.2) is 8.78 Å². The van der Waals surface area contributed by atoms with Crippen LogP contribution in [0.4, 0.5) is 8.78 Å². The van der Waals surface area contributed by atoms with Gasteiger partial charge >= 0.3 is 0 Å². The highest BCUT2D eigenvalue weighted by atomic mass is 19.1. The molecule has 3 amide bonds. The van der Waals surface area contributed by atoms with E-state index in [0.29, 0.717) is 31.0 Å². The second kappa shape index (κ2) is 18.6. The first-order valence-corrected chi connectivity index (χ1v) is 16.7. The quantitative estimate of drug-likeness (QED) is 0.187. The topological polar surface area (TPSA) is 98.7 Å². The van der Waals surface area contributed by atoms with Gasteiger partial charge in [0.1, 0.15) is 11.6 Å². The van der Waals surface area contributed by atoms with E-state index in [9.17, 15) is 28.3 Å². The molecule has 0 saturated heterocycles. The first kappa shape index (κ1) is 36.1. The van der Waals surface area contributed by atoms with Crippen molar-refractivity contribution >= 4 is 17.7 Å². The maximum absolute atomic E-state index is 14.0. The highest BCUT2D eigenvalue weighted by Crippen LogP contribution is 2.27. The Bertz CT molecular complexity index is 1240. The second-order valence-corrected chi connectivity index (χ2v) is 12.5. The lowest BCUT2D eigenvalue weighted by Gasteiger charge is -2.25. The Labute approximate surface area is 267 Å². The van der Waals surface area contributed by atoms with Gasteiger partial charge in [0, 0.05) is 43.2 Å². The maximum Gasteiger partial charge on any atom is 0.253 e. The lowest BCUT2D eigenvalue weighted by molar-refractivity contribution is -0.121. The van der Waals surface area contributed by atoms with E-state index in [1.165, 1.54) is 44.2 Å². The number of nitrogens with one attached hydrogen (secondary N) is 2. The van der Waals surface area contributed by atoms with Crippen LogP contribution in [0.1, 0.15) is 116 Å². The number of rotatable bonds is 17. The van der Waals surface area contributed by atoms with Crippen LogP contribution in [0.3, 0.4) is 0 Å². The molecule has 2 aromatic carbocycles. The summed E-state index contributed by atoms with van der Waals surface area (Å²) in [4.78, 5) is 41.0. The first-order valence-electron chi connectivity index (χ1n) is 16.7. The Morgan fingerprint density at radius 3 is 2.22 bits per heavy atom. The van der Waals surface area contributed by atoms with Crippen molar-refractivity contribution in [2.45, 2.75) is 110 Å². The van der Waals surface area contributed by atoms with E-state index in [0.717, 1.165) is 37.3 Å². The van der Waals surface area contributed by atoms with Gasteiger partial charge in [0.25, 0.3) is 11.8 Å². The number of halogens is 2. The molecular formula is C36H51F2N3O4. The van der Waals surface area contributed by atoms with Crippen LogP contribution in [-0.4, -0.2) is 59.5 Å². The molecule has 1 fully saturated rings. The molecule has 248 valence electrons. The summed E-state index contributed by atoms with van der Waals surface area (Å²) in [5.41, 5.74) is 1.66. The molecule has 0 heterocycles. The molecule has 1 aliphatic rings. The van der Waals surface area contributed by atoms with Gasteiger partial charge in [-0.15, -0.1) is 0 Å². The van der Waals surface area contributed by atoms with Crippen LogP contribution in [0, 0.1) is 24.5 Å². The third-order valence-electron chi connectivity index (χ3n) is 8.52. The molecule has 1 saturated carbocycles. The number of aliphatic hydroxyl groups excluding tert-OH is 1. The fourth-order valence-corrected chi connectivity index (χ4v) is 6.27. The average Bonchev–Trinajstić information content (AvgIpc) is 3.00. The molecule has 0 aromatic heterocycles. The normalized spacial score (nSPS) is 14.9. The summed E-state index contributed by atoms with van der Waals surface area (Å²) in [6.45, 7) is 7.23. The standard InChI is InChI=1S/C36H51F2N3O4/c1-4-16-41(17-5-2)36(45)29-19-25(3)18-28(23-29)35(44)40-32(22-27-20-30(37)24-31(38)21-27)33(42)14-15-39-34(43)13-9-12-26-10-7-6-8-11-26/h18-21,23-24,26,32-33,42H,4-17,22H2,1-3H3,(H,39,43)(H,40,44)/t32-,33+/m0/s1. The van der Waals surface area contributed by atoms with E-state index in [1.807, 2.05) is 13.8 Å². The molecule has 0 unspecified atom stereocenters. The molecule has 3 N–H and O–H groups in total. The van der Waals surface area contributed by atoms with Gasteiger partial charge in [0.2, 0.25) is 5.91 Å². The van der Waals surface area contributed by atoms with Gasteiger partial charge in [0.15, 0.2) is 0 Å². The van der Waals surface area contributed by atoms with Crippen molar-refractivity contribution in [3.63, 3.8) is 0 Å². The Balaban J connectivity index is 1.67. The smallest absolute Gasteiger partial charge is 0.253 e. The third kappa shape index (κ3) is 12.2. The van der Waals surface area contributed by atoms with Crippen LogP contribution in [0.5, 0.6) is 0 Å². The average molecular weight is 628 g/mol. The monoisotopic (exact) mass is 627 g/mol. The Morgan fingerprint density at radius 2 is 1.58 bits per heavy atom. The number of benzene rings is 2. The number of nitrogens with zero attached hydrogens (tertiary/aromatic N) is 1. The van der Waals surface area contributed by atoms with Gasteiger partial charge in [0.05, 0.1) is 12.1 Å². The molecule has 2 aromatic rings. The highest BCUT2D eigenvalue weighted by molar-refractivity contribution is 6.00. The Kier molecular flexibility index (Phi) is 14.9. The van der Waals surface area contributed by atoms with Crippen LogP contribution < -0.4 is 10.6 Å². The Morgan fingerprint density at radius 1 is 0.933 bits per heavy atom. The van der Waals surface area contributed by atoms with Gasteiger partial charge in [-0.05, 0) is 92.8 Å². The Hall–Kier alpha value is -3.33. The minimum Gasteiger partial charge on any atom is -0.391 e. The fraction of sp³-hybridized carbons (Fsp3) is 0.583. The van der Waals surface area contributed by atoms with Gasteiger partial charge in [-0.3, -0.25) is 14.4 Å². The predicted octanol–water partition coefficient (Wildman–Crippen LogP) is 6.49. The minimum atomic E-state index is -1.11. The lowest BCUT2D eigenvalue weighted by atomic mass is 9.86. The number of hydrogen-bond acceptors (Lipinski definition) is 4. The van der Waals surface area contributed by atoms with Crippen LogP contribution in [0.15, 0.2) is 36.4 Å². The number of amides is 3. The molecular weight excluding hydrogens is 576 g/mol. The van der Waals surface area contributed by atoms with Crippen molar-refractivity contribution < 1.29 is 28.3 Å². The summed E-state index contributed by atoms with van der Waals surface area (Å²) in [5, 5.41) is 16.8. The summed E-state index contributed by atoms with van der Waals surface area (Å²) in [7, 11) is 0. The predicted molar refractivity (Wildman–Crippen MR) is 173 cm³/mol. The van der Waals surface area contributed by atoms with E-state index >= 15 is 0 Å². The summed E-state index contributed by atoms with van der Waals surface area (Å²) in [6.07, 6.45) is 9.26. The molecule has 45 heavy (non-hydrogen) atoms. The number of aliphatic hydroxyl groups is 1. The molecule has 0 spiro atoms. The molecule has 7 nitrogen and oxygen atoms in total. The van der Waals surface area contributed by atoms with Crippen molar-refractivity contribution in [3.8, 4) is 0 Å². The summed E-state index contributed by atoms with van der Waals surface area (Å²) >= 11 is 0. The van der Waals surface area contributed by atoms with Crippen molar-refractivity contribution in [2.75, 3.05) is 19.6 Å². The summed E-state index contributed by atoms with van der Waals surface area (Å²) < 4.78 is 28.0.